The van der Waals surface area contributed by atoms with Crippen molar-refractivity contribution < 1.29 is 14.3 Å². The number of esters is 1. The smallest absolute Gasteiger partial charge is 0.375 e. The van der Waals surface area contributed by atoms with Crippen molar-refractivity contribution in [2.75, 3.05) is 26.2 Å². The van der Waals surface area contributed by atoms with E-state index < -0.39 is 18.1 Å². The molecule has 0 saturated carbocycles. The number of carbonyl (C=O) groups excluding carboxylic acids is 2. The van der Waals surface area contributed by atoms with Crippen LogP contribution in [0, 0.1) is 0 Å². The van der Waals surface area contributed by atoms with Crippen LogP contribution in [0.3, 0.4) is 0 Å². The first-order chi connectivity index (χ1) is 6.61. The molecule has 0 aromatic rings. The Morgan fingerprint density at radius 3 is 2.50 bits per heavy atom. The lowest BCUT2D eigenvalue weighted by atomic mass is 10.4. The van der Waals surface area contributed by atoms with Gasteiger partial charge in [-0.25, -0.2) is 9.59 Å². The Morgan fingerprint density at radius 1 is 1.43 bits per heavy atom. The van der Waals surface area contributed by atoms with E-state index in [9.17, 15) is 9.59 Å². The third kappa shape index (κ3) is 2.97. The minimum absolute atomic E-state index is 0.561. The van der Waals surface area contributed by atoms with Gasteiger partial charge < -0.3 is 20.7 Å². The van der Waals surface area contributed by atoms with Gasteiger partial charge in [-0.05, 0) is 6.92 Å². The zero-order chi connectivity index (χ0) is 10.6. The first kappa shape index (κ1) is 10.9. The Bertz CT molecular complexity index is 224. The molecule has 0 spiro atoms. The van der Waals surface area contributed by atoms with Gasteiger partial charge in [-0.2, -0.15) is 0 Å². The van der Waals surface area contributed by atoms with Crippen molar-refractivity contribution in [1.29, 1.82) is 0 Å². The molecule has 1 amide bonds. The number of amides is 1. The lowest BCUT2D eigenvalue weighted by molar-refractivity contribution is -0.139. The van der Waals surface area contributed by atoms with Gasteiger partial charge in [0, 0.05) is 26.2 Å². The molecular weight excluding hydrogens is 186 g/mol. The zero-order valence-electron chi connectivity index (χ0n) is 8.16. The maximum absolute atomic E-state index is 11.3. The zero-order valence-corrected chi connectivity index (χ0v) is 8.16. The number of nitrogens with zero attached hydrogens (tertiary/aromatic N) is 1. The van der Waals surface area contributed by atoms with E-state index in [0.717, 1.165) is 13.1 Å². The molecule has 1 rings (SSSR count). The molecule has 80 valence electrons. The number of nitrogens with one attached hydrogen (secondary N) is 1. The van der Waals surface area contributed by atoms with E-state index in [1.165, 1.54) is 11.8 Å². The lowest BCUT2D eigenvalue weighted by Crippen LogP contribution is -2.48. The fourth-order valence-corrected chi connectivity index (χ4v) is 1.09. The monoisotopic (exact) mass is 201 g/mol. The molecule has 0 aromatic carbocycles. The summed E-state index contributed by atoms with van der Waals surface area (Å²) in [6.45, 7) is 4.05. The number of ether oxygens (including phenoxy) is 1. The van der Waals surface area contributed by atoms with Gasteiger partial charge in [-0.1, -0.05) is 0 Å². The van der Waals surface area contributed by atoms with Gasteiger partial charge in [0.25, 0.3) is 0 Å². The van der Waals surface area contributed by atoms with Gasteiger partial charge >= 0.3 is 12.1 Å². The van der Waals surface area contributed by atoms with Gasteiger partial charge in [0.2, 0.25) is 0 Å². The van der Waals surface area contributed by atoms with Crippen molar-refractivity contribution in [2.45, 2.75) is 13.0 Å². The topological polar surface area (TPSA) is 84.7 Å². The van der Waals surface area contributed by atoms with Gasteiger partial charge in [-0.3, -0.25) is 0 Å². The maximum atomic E-state index is 11.3. The SMILES string of the molecule is C[C@@H](N)C(=O)OC(=O)N1CCNCC1. The summed E-state index contributed by atoms with van der Waals surface area (Å²) in [5.74, 6) is -0.687. The van der Waals surface area contributed by atoms with Crippen LogP contribution < -0.4 is 11.1 Å². The molecule has 0 bridgehead atoms. The summed E-state index contributed by atoms with van der Waals surface area (Å²) in [4.78, 5) is 23.8. The van der Waals surface area contributed by atoms with Gasteiger partial charge in [0.05, 0.1) is 0 Å². The predicted octanol–water partition coefficient (Wildman–Crippen LogP) is -1.10. The second-order valence-corrected chi connectivity index (χ2v) is 3.21. The van der Waals surface area contributed by atoms with Crippen LogP contribution >= 0.6 is 0 Å². The molecule has 0 aromatic heterocycles. The molecule has 6 heteroatoms. The molecule has 6 nitrogen and oxygen atoms in total. The van der Waals surface area contributed by atoms with E-state index in [1.54, 1.807) is 0 Å². The maximum Gasteiger partial charge on any atom is 0.417 e. The summed E-state index contributed by atoms with van der Waals surface area (Å²) >= 11 is 0. The highest BCUT2D eigenvalue weighted by Gasteiger charge is 2.21. The molecule has 14 heavy (non-hydrogen) atoms. The van der Waals surface area contributed by atoms with Crippen LogP contribution in [0.1, 0.15) is 6.92 Å². The minimum Gasteiger partial charge on any atom is -0.375 e. The molecule has 0 unspecified atom stereocenters. The van der Waals surface area contributed by atoms with Gasteiger partial charge in [0.15, 0.2) is 0 Å². The van der Waals surface area contributed by atoms with Crippen molar-refractivity contribution in [1.82, 2.24) is 10.2 Å². The summed E-state index contributed by atoms with van der Waals surface area (Å²) < 4.78 is 4.55. The average Bonchev–Trinajstić information content (AvgIpc) is 2.19. The molecule has 1 atom stereocenters. The van der Waals surface area contributed by atoms with E-state index in [4.69, 9.17) is 5.73 Å². The highest BCUT2D eigenvalue weighted by atomic mass is 16.6. The van der Waals surface area contributed by atoms with Crippen molar-refractivity contribution in [3.8, 4) is 0 Å². The Hall–Kier alpha value is -1.14. The first-order valence-electron chi connectivity index (χ1n) is 4.58. The van der Waals surface area contributed by atoms with Crippen LogP contribution in [-0.4, -0.2) is 49.2 Å². The third-order valence-electron chi connectivity index (χ3n) is 1.93. The van der Waals surface area contributed by atoms with E-state index in [0.29, 0.717) is 13.1 Å². The largest absolute Gasteiger partial charge is 0.417 e. The van der Waals surface area contributed by atoms with Crippen LogP contribution in [0.5, 0.6) is 0 Å². The number of carbonyl (C=O) groups is 2. The fraction of sp³-hybridized carbons (Fsp3) is 0.750. The van der Waals surface area contributed by atoms with Gasteiger partial charge in [0.1, 0.15) is 6.04 Å². The quantitative estimate of drug-likeness (QED) is 0.415. The molecule has 1 aliphatic heterocycles. The van der Waals surface area contributed by atoms with Crippen LogP contribution in [-0.2, 0) is 9.53 Å². The minimum atomic E-state index is -0.762. The van der Waals surface area contributed by atoms with E-state index in [1.807, 2.05) is 0 Å². The van der Waals surface area contributed by atoms with Crippen molar-refractivity contribution in [3.05, 3.63) is 0 Å². The van der Waals surface area contributed by atoms with Crippen molar-refractivity contribution >= 4 is 12.1 Å². The Labute approximate surface area is 82.4 Å². The molecule has 1 fully saturated rings. The summed E-state index contributed by atoms with van der Waals surface area (Å²) in [5.41, 5.74) is 5.26. The Kier molecular flexibility index (Phi) is 3.84. The highest BCUT2D eigenvalue weighted by Crippen LogP contribution is 1.97. The lowest BCUT2D eigenvalue weighted by Gasteiger charge is -2.26. The van der Waals surface area contributed by atoms with Crippen LogP contribution in [0.2, 0.25) is 0 Å². The Morgan fingerprint density at radius 2 is 2.00 bits per heavy atom. The predicted molar refractivity (Wildman–Crippen MR) is 49.6 cm³/mol. The molecule has 1 saturated heterocycles. The first-order valence-corrected chi connectivity index (χ1v) is 4.58. The van der Waals surface area contributed by atoms with Crippen LogP contribution in [0.15, 0.2) is 0 Å². The highest BCUT2D eigenvalue weighted by molar-refractivity contribution is 5.87. The number of hydrogen-bond acceptors (Lipinski definition) is 5. The standard InChI is InChI=1S/C8H15N3O3/c1-6(9)7(12)14-8(13)11-4-2-10-3-5-11/h6,10H,2-5,9H2,1H3/t6-/m1/s1. The molecule has 1 aliphatic rings. The Balaban J connectivity index is 2.37. The second kappa shape index (κ2) is 4.92. The molecule has 0 radical (unpaired) electrons. The molecular formula is C8H15N3O3. The number of nitrogens with two attached hydrogens (primary N) is 1. The average molecular weight is 201 g/mol. The number of hydrogen-bond donors (Lipinski definition) is 2. The molecule has 1 heterocycles. The van der Waals surface area contributed by atoms with Crippen LogP contribution in [0.25, 0.3) is 0 Å². The van der Waals surface area contributed by atoms with Gasteiger partial charge in [-0.15, -0.1) is 0 Å². The summed E-state index contributed by atoms with van der Waals surface area (Å²) in [7, 11) is 0. The van der Waals surface area contributed by atoms with E-state index in [2.05, 4.69) is 10.1 Å². The normalized spacial score (nSPS) is 18.9. The van der Waals surface area contributed by atoms with Crippen molar-refractivity contribution in [2.24, 2.45) is 5.73 Å². The summed E-state index contributed by atoms with van der Waals surface area (Å²) in [6, 6.07) is -0.762. The molecule has 3 N–H and O–H groups in total. The summed E-state index contributed by atoms with van der Waals surface area (Å²) in [6.07, 6.45) is -0.603. The third-order valence-corrected chi connectivity index (χ3v) is 1.93. The van der Waals surface area contributed by atoms with E-state index >= 15 is 0 Å². The fourth-order valence-electron chi connectivity index (χ4n) is 1.09. The van der Waals surface area contributed by atoms with Crippen LogP contribution in [0.4, 0.5) is 4.79 Å². The molecule has 0 aliphatic carbocycles. The number of piperazine rings is 1. The summed E-state index contributed by atoms with van der Waals surface area (Å²) in [5, 5.41) is 3.09. The number of rotatable bonds is 1. The van der Waals surface area contributed by atoms with Crippen molar-refractivity contribution in [3.63, 3.8) is 0 Å². The second-order valence-electron chi connectivity index (χ2n) is 3.21. The van der Waals surface area contributed by atoms with E-state index in [-0.39, 0.29) is 0 Å².